The molecule has 0 spiro atoms. The molecule has 1 saturated carbocycles. The Morgan fingerprint density at radius 3 is 2.76 bits per heavy atom. The number of benzene rings is 1. The number of aromatic hydroxyl groups is 1. The van der Waals surface area contributed by atoms with Gasteiger partial charge in [-0.05, 0) is 58.6 Å². The number of carbonyl (C=O) groups is 1. The highest BCUT2D eigenvalue weighted by Crippen LogP contribution is 2.30. The molecule has 1 amide bonds. The Morgan fingerprint density at radius 2 is 2.14 bits per heavy atom. The molecule has 1 heterocycles. The molecule has 0 saturated heterocycles. The molecule has 1 N–H and O–H groups in total. The standard InChI is InChI=1S/C16H15BrN2O2/c17-12-4-7-15(18-9-12)16(21)19(13-5-6-13)10-11-2-1-3-14(20)8-11/h1-4,7-9,13,20H,5-6,10H2. The van der Waals surface area contributed by atoms with Crippen molar-refractivity contribution in [3.05, 3.63) is 58.3 Å². The van der Waals surface area contributed by atoms with Crippen molar-refractivity contribution >= 4 is 21.8 Å². The summed E-state index contributed by atoms with van der Waals surface area (Å²) in [6, 6.07) is 10.9. The van der Waals surface area contributed by atoms with Crippen LogP contribution in [-0.2, 0) is 6.54 Å². The number of amides is 1. The van der Waals surface area contributed by atoms with Gasteiger partial charge in [-0.2, -0.15) is 0 Å². The first-order chi connectivity index (χ1) is 10.1. The molecule has 21 heavy (non-hydrogen) atoms. The second-order valence-corrected chi connectivity index (χ2v) is 6.11. The highest BCUT2D eigenvalue weighted by Gasteiger charge is 2.33. The average molecular weight is 347 g/mol. The maximum Gasteiger partial charge on any atom is 0.272 e. The highest BCUT2D eigenvalue weighted by atomic mass is 79.9. The van der Waals surface area contributed by atoms with E-state index in [4.69, 9.17) is 0 Å². The van der Waals surface area contributed by atoms with Crippen LogP contribution in [0.1, 0.15) is 28.9 Å². The first-order valence-electron chi connectivity index (χ1n) is 6.84. The zero-order chi connectivity index (χ0) is 14.8. The Bertz CT molecular complexity index is 654. The third-order valence-electron chi connectivity index (χ3n) is 3.46. The van der Waals surface area contributed by atoms with E-state index in [2.05, 4.69) is 20.9 Å². The monoisotopic (exact) mass is 346 g/mol. The second-order valence-electron chi connectivity index (χ2n) is 5.20. The number of hydrogen-bond donors (Lipinski definition) is 1. The molecule has 3 rings (SSSR count). The van der Waals surface area contributed by atoms with Crippen molar-refractivity contribution in [2.24, 2.45) is 0 Å². The summed E-state index contributed by atoms with van der Waals surface area (Å²) in [5.41, 5.74) is 1.37. The summed E-state index contributed by atoms with van der Waals surface area (Å²) in [7, 11) is 0. The fraction of sp³-hybridized carbons (Fsp3) is 0.250. The summed E-state index contributed by atoms with van der Waals surface area (Å²) in [6.45, 7) is 0.496. The molecule has 1 aliphatic rings. The first-order valence-corrected chi connectivity index (χ1v) is 7.63. The molecule has 2 aromatic rings. The van der Waals surface area contributed by atoms with E-state index < -0.39 is 0 Å². The number of rotatable bonds is 4. The van der Waals surface area contributed by atoms with E-state index in [9.17, 15) is 9.90 Å². The van der Waals surface area contributed by atoms with Gasteiger partial charge in [-0.15, -0.1) is 0 Å². The van der Waals surface area contributed by atoms with Gasteiger partial charge in [0.05, 0.1) is 0 Å². The Kier molecular flexibility index (Phi) is 3.92. The van der Waals surface area contributed by atoms with E-state index in [1.165, 1.54) is 0 Å². The largest absolute Gasteiger partial charge is 0.508 e. The van der Waals surface area contributed by atoms with Gasteiger partial charge < -0.3 is 10.0 Å². The lowest BCUT2D eigenvalue weighted by Gasteiger charge is -2.22. The molecule has 0 bridgehead atoms. The van der Waals surface area contributed by atoms with Gasteiger partial charge in [-0.1, -0.05) is 12.1 Å². The lowest BCUT2D eigenvalue weighted by Crippen LogP contribution is -2.33. The number of nitrogens with zero attached hydrogens (tertiary/aromatic N) is 2. The maximum atomic E-state index is 12.6. The van der Waals surface area contributed by atoms with Crippen molar-refractivity contribution in [1.29, 1.82) is 0 Å². The fourth-order valence-corrected chi connectivity index (χ4v) is 2.49. The quantitative estimate of drug-likeness (QED) is 0.923. The zero-order valence-electron chi connectivity index (χ0n) is 11.4. The van der Waals surface area contributed by atoms with Crippen molar-refractivity contribution in [2.75, 3.05) is 0 Å². The van der Waals surface area contributed by atoms with Crippen LogP contribution in [0.25, 0.3) is 0 Å². The van der Waals surface area contributed by atoms with Crippen LogP contribution >= 0.6 is 15.9 Å². The molecule has 0 atom stereocenters. The minimum Gasteiger partial charge on any atom is -0.508 e. The van der Waals surface area contributed by atoms with Gasteiger partial charge in [-0.25, -0.2) is 4.98 Å². The molecule has 5 heteroatoms. The van der Waals surface area contributed by atoms with E-state index in [1.807, 2.05) is 17.0 Å². The molecular formula is C16H15BrN2O2. The van der Waals surface area contributed by atoms with Gasteiger partial charge in [-0.3, -0.25) is 4.79 Å². The van der Waals surface area contributed by atoms with Crippen molar-refractivity contribution in [3.8, 4) is 5.75 Å². The van der Waals surface area contributed by atoms with Crippen LogP contribution in [0.2, 0.25) is 0 Å². The number of phenols is 1. The molecular weight excluding hydrogens is 332 g/mol. The number of aromatic nitrogens is 1. The topological polar surface area (TPSA) is 53.4 Å². The molecule has 1 fully saturated rings. The molecule has 0 aliphatic heterocycles. The van der Waals surface area contributed by atoms with Crippen LogP contribution in [0, 0.1) is 0 Å². The van der Waals surface area contributed by atoms with Gasteiger partial charge in [0.2, 0.25) is 0 Å². The van der Waals surface area contributed by atoms with Crippen LogP contribution < -0.4 is 0 Å². The summed E-state index contributed by atoms with van der Waals surface area (Å²) in [4.78, 5) is 18.6. The predicted molar refractivity (Wildman–Crippen MR) is 82.9 cm³/mol. The first kappa shape index (κ1) is 14.1. The summed E-state index contributed by atoms with van der Waals surface area (Å²) in [5, 5.41) is 9.55. The van der Waals surface area contributed by atoms with Crippen LogP contribution in [0.3, 0.4) is 0 Å². The number of carbonyl (C=O) groups excluding carboxylic acids is 1. The normalized spacial score (nSPS) is 14.0. The summed E-state index contributed by atoms with van der Waals surface area (Å²) >= 11 is 3.32. The molecule has 1 aliphatic carbocycles. The number of pyridine rings is 1. The van der Waals surface area contributed by atoms with Crippen LogP contribution in [0.15, 0.2) is 47.1 Å². The molecule has 4 nitrogen and oxygen atoms in total. The third kappa shape index (κ3) is 3.42. The van der Waals surface area contributed by atoms with Crippen LogP contribution in [-0.4, -0.2) is 26.9 Å². The summed E-state index contributed by atoms with van der Waals surface area (Å²) in [6.07, 6.45) is 3.69. The zero-order valence-corrected chi connectivity index (χ0v) is 13.0. The van der Waals surface area contributed by atoms with Gasteiger partial charge in [0.1, 0.15) is 11.4 Å². The van der Waals surface area contributed by atoms with Crippen molar-refractivity contribution in [2.45, 2.75) is 25.4 Å². The molecule has 0 radical (unpaired) electrons. The minimum atomic E-state index is -0.0617. The van der Waals surface area contributed by atoms with Crippen LogP contribution in [0.4, 0.5) is 0 Å². The van der Waals surface area contributed by atoms with E-state index in [0.717, 1.165) is 22.9 Å². The summed E-state index contributed by atoms with van der Waals surface area (Å²) < 4.78 is 0.852. The smallest absolute Gasteiger partial charge is 0.272 e. The van der Waals surface area contributed by atoms with Gasteiger partial charge in [0.15, 0.2) is 0 Å². The minimum absolute atomic E-state index is 0.0617. The fourth-order valence-electron chi connectivity index (χ4n) is 2.25. The Labute approximate surface area is 131 Å². The molecule has 1 aromatic heterocycles. The van der Waals surface area contributed by atoms with E-state index >= 15 is 0 Å². The molecule has 0 unspecified atom stereocenters. The third-order valence-corrected chi connectivity index (χ3v) is 3.93. The van der Waals surface area contributed by atoms with E-state index in [-0.39, 0.29) is 17.7 Å². The predicted octanol–water partition coefficient (Wildman–Crippen LogP) is 3.35. The SMILES string of the molecule is O=C(c1ccc(Br)cn1)N(Cc1cccc(O)c1)C1CC1. The second kappa shape index (κ2) is 5.85. The Balaban J connectivity index is 1.81. The van der Waals surface area contributed by atoms with Gasteiger partial charge in [0, 0.05) is 23.3 Å². The average Bonchev–Trinajstić information content (AvgIpc) is 3.29. The lowest BCUT2D eigenvalue weighted by atomic mass is 10.2. The summed E-state index contributed by atoms with van der Waals surface area (Å²) in [5.74, 6) is 0.158. The molecule has 108 valence electrons. The number of halogens is 1. The van der Waals surface area contributed by atoms with E-state index in [1.54, 1.807) is 30.5 Å². The van der Waals surface area contributed by atoms with Crippen LogP contribution in [0.5, 0.6) is 5.75 Å². The molecule has 1 aromatic carbocycles. The number of phenolic OH excluding ortho intramolecular Hbond substituents is 1. The lowest BCUT2D eigenvalue weighted by molar-refractivity contribution is 0.0723. The van der Waals surface area contributed by atoms with Crippen molar-refractivity contribution in [3.63, 3.8) is 0 Å². The van der Waals surface area contributed by atoms with Gasteiger partial charge >= 0.3 is 0 Å². The maximum absolute atomic E-state index is 12.6. The number of hydrogen-bond acceptors (Lipinski definition) is 3. The highest BCUT2D eigenvalue weighted by molar-refractivity contribution is 9.10. The van der Waals surface area contributed by atoms with Crippen molar-refractivity contribution in [1.82, 2.24) is 9.88 Å². The Morgan fingerprint density at radius 1 is 1.33 bits per heavy atom. The van der Waals surface area contributed by atoms with Gasteiger partial charge in [0.25, 0.3) is 5.91 Å². The Hall–Kier alpha value is -1.88. The van der Waals surface area contributed by atoms with E-state index in [0.29, 0.717) is 12.2 Å². The van der Waals surface area contributed by atoms with Crippen molar-refractivity contribution < 1.29 is 9.90 Å².